The lowest BCUT2D eigenvalue weighted by Crippen LogP contribution is -2.35. The number of rotatable bonds is 0. The average molecular weight is 287 g/mol. The van der Waals surface area contributed by atoms with Gasteiger partial charge in [0.15, 0.2) is 0 Å². The van der Waals surface area contributed by atoms with Gasteiger partial charge in [0.25, 0.3) is 0 Å². The van der Waals surface area contributed by atoms with E-state index in [4.69, 9.17) is 17.3 Å². The largest absolute Gasteiger partial charge is 0.399 e. The van der Waals surface area contributed by atoms with Gasteiger partial charge in [-0.15, -0.1) is 0 Å². The molecule has 0 saturated carbocycles. The number of hydrogen-bond donors (Lipinski definition) is 2. The SMILES string of the molecule is Nc1ccc2c(c1)CC1(C2)C(=O)Nc2ncnc(Cl)c21. The highest BCUT2D eigenvalue weighted by molar-refractivity contribution is 6.31. The van der Waals surface area contributed by atoms with Gasteiger partial charge in [0.2, 0.25) is 5.91 Å². The molecule has 0 saturated heterocycles. The van der Waals surface area contributed by atoms with Gasteiger partial charge in [0, 0.05) is 11.3 Å². The van der Waals surface area contributed by atoms with E-state index in [9.17, 15) is 4.79 Å². The molecule has 1 unspecified atom stereocenters. The Bertz CT molecular complexity index is 761. The van der Waals surface area contributed by atoms with E-state index in [0.717, 1.165) is 11.1 Å². The number of carbonyl (C=O) groups is 1. The first-order chi connectivity index (χ1) is 9.60. The van der Waals surface area contributed by atoms with Crippen LogP contribution in [0.4, 0.5) is 11.5 Å². The molecule has 0 radical (unpaired) electrons. The van der Waals surface area contributed by atoms with Gasteiger partial charge in [-0.25, -0.2) is 9.97 Å². The van der Waals surface area contributed by atoms with Crippen LogP contribution in [0.2, 0.25) is 5.15 Å². The number of anilines is 2. The number of carbonyl (C=O) groups excluding carboxylic acids is 1. The van der Waals surface area contributed by atoms with E-state index in [-0.39, 0.29) is 5.91 Å². The van der Waals surface area contributed by atoms with Gasteiger partial charge in [0.1, 0.15) is 17.3 Å². The molecule has 1 aliphatic carbocycles. The molecule has 3 N–H and O–H groups in total. The number of nitrogens with zero attached hydrogens (tertiary/aromatic N) is 2. The fourth-order valence-electron chi connectivity index (χ4n) is 3.26. The standard InChI is InChI=1S/C14H11ClN4O/c15-11-10-12(18-6-17-11)19-13(20)14(10)4-7-1-2-9(16)3-8(7)5-14/h1-3,6H,4-5,16H2,(H,17,18,19,20). The summed E-state index contributed by atoms with van der Waals surface area (Å²) in [6, 6.07) is 5.75. The number of fused-ring (bicyclic) bond motifs is 3. The third kappa shape index (κ3) is 1.35. The summed E-state index contributed by atoms with van der Waals surface area (Å²) in [5, 5.41) is 3.16. The van der Waals surface area contributed by atoms with Crippen molar-refractivity contribution in [2.24, 2.45) is 0 Å². The highest BCUT2D eigenvalue weighted by Crippen LogP contribution is 2.48. The molecule has 5 nitrogen and oxygen atoms in total. The molecule has 100 valence electrons. The summed E-state index contributed by atoms with van der Waals surface area (Å²) in [5.74, 6) is 0.459. The van der Waals surface area contributed by atoms with Crippen LogP contribution in [-0.4, -0.2) is 15.9 Å². The third-order valence-corrected chi connectivity index (χ3v) is 4.45. The molecule has 0 bridgehead atoms. The van der Waals surface area contributed by atoms with Crippen molar-refractivity contribution < 1.29 is 4.79 Å². The molecule has 2 heterocycles. The van der Waals surface area contributed by atoms with Crippen LogP contribution in [-0.2, 0) is 23.1 Å². The zero-order chi connectivity index (χ0) is 13.9. The van der Waals surface area contributed by atoms with Crippen LogP contribution in [0.1, 0.15) is 16.7 Å². The van der Waals surface area contributed by atoms with Crippen LogP contribution in [0.5, 0.6) is 0 Å². The minimum Gasteiger partial charge on any atom is -0.399 e. The molecule has 1 aliphatic heterocycles. The van der Waals surface area contributed by atoms with E-state index >= 15 is 0 Å². The number of nitrogen functional groups attached to an aromatic ring is 1. The van der Waals surface area contributed by atoms with Gasteiger partial charge < -0.3 is 11.1 Å². The maximum Gasteiger partial charge on any atom is 0.237 e. The fourth-order valence-corrected chi connectivity index (χ4v) is 3.57. The molecule has 1 aromatic heterocycles. The third-order valence-electron chi connectivity index (χ3n) is 4.16. The Balaban J connectivity index is 1.91. The quantitative estimate of drug-likeness (QED) is 0.570. The monoisotopic (exact) mass is 286 g/mol. The van der Waals surface area contributed by atoms with Crippen LogP contribution < -0.4 is 11.1 Å². The zero-order valence-electron chi connectivity index (χ0n) is 10.5. The van der Waals surface area contributed by atoms with Crippen LogP contribution >= 0.6 is 11.6 Å². The number of nitrogens with one attached hydrogen (secondary N) is 1. The predicted molar refractivity (Wildman–Crippen MR) is 75.6 cm³/mol. The van der Waals surface area contributed by atoms with Crippen molar-refractivity contribution in [3.05, 3.63) is 46.4 Å². The van der Waals surface area contributed by atoms with Gasteiger partial charge in [-0.2, -0.15) is 0 Å². The van der Waals surface area contributed by atoms with Crippen LogP contribution in [0.3, 0.4) is 0 Å². The maximum absolute atomic E-state index is 12.5. The zero-order valence-corrected chi connectivity index (χ0v) is 11.2. The Morgan fingerprint density at radius 3 is 2.90 bits per heavy atom. The Morgan fingerprint density at radius 1 is 1.25 bits per heavy atom. The highest BCUT2D eigenvalue weighted by atomic mass is 35.5. The lowest BCUT2D eigenvalue weighted by Gasteiger charge is -2.20. The summed E-state index contributed by atoms with van der Waals surface area (Å²) >= 11 is 6.21. The fraction of sp³-hybridized carbons (Fsp3) is 0.214. The highest BCUT2D eigenvalue weighted by Gasteiger charge is 2.52. The molecule has 2 aromatic rings. The molecule has 20 heavy (non-hydrogen) atoms. The van der Waals surface area contributed by atoms with Crippen LogP contribution in [0, 0.1) is 0 Å². The number of halogens is 1. The van der Waals surface area contributed by atoms with Crippen molar-refractivity contribution in [2.45, 2.75) is 18.3 Å². The molecular weight excluding hydrogens is 276 g/mol. The molecule has 1 aromatic carbocycles. The number of amides is 1. The number of hydrogen-bond acceptors (Lipinski definition) is 4. The summed E-state index contributed by atoms with van der Waals surface area (Å²) in [6.45, 7) is 0. The molecule has 0 fully saturated rings. The van der Waals surface area contributed by atoms with Crippen LogP contribution in [0.25, 0.3) is 0 Å². The van der Waals surface area contributed by atoms with Gasteiger partial charge in [-0.1, -0.05) is 17.7 Å². The Hall–Kier alpha value is -2.14. The first-order valence-corrected chi connectivity index (χ1v) is 6.68. The second-order valence-corrected chi connectivity index (χ2v) is 5.66. The average Bonchev–Trinajstić information content (AvgIpc) is 2.89. The van der Waals surface area contributed by atoms with E-state index in [1.54, 1.807) is 0 Å². The smallest absolute Gasteiger partial charge is 0.237 e. The first kappa shape index (κ1) is 11.7. The van der Waals surface area contributed by atoms with E-state index in [1.165, 1.54) is 6.33 Å². The molecule has 1 amide bonds. The normalized spacial score (nSPS) is 22.8. The molecule has 6 heteroatoms. The molecule has 4 rings (SSSR count). The van der Waals surface area contributed by atoms with Crippen LogP contribution in [0.15, 0.2) is 24.5 Å². The molecule has 1 atom stereocenters. The Labute approximate surface area is 120 Å². The maximum atomic E-state index is 12.5. The number of benzene rings is 1. The summed E-state index contributed by atoms with van der Waals surface area (Å²) < 4.78 is 0. The van der Waals surface area contributed by atoms with E-state index in [2.05, 4.69) is 15.3 Å². The predicted octanol–water partition coefficient (Wildman–Crippen LogP) is 1.70. The van der Waals surface area contributed by atoms with Gasteiger partial charge >= 0.3 is 0 Å². The summed E-state index contributed by atoms with van der Waals surface area (Å²) in [4.78, 5) is 20.6. The summed E-state index contributed by atoms with van der Waals surface area (Å²) in [5.41, 5.74) is 8.77. The van der Waals surface area contributed by atoms with Crippen molar-refractivity contribution in [1.82, 2.24) is 9.97 Å². The van der Waals surface area contributed by atoms with Crippen molar-refractivity contribution in [3.63, 3.8) is 0 Å². The lowest BCUT2D eigenvalue weighted by atomic mass is 9.80. The van der Waals surface area contributed by atoms with Gasteiger partial charge in [-0.05, 0) is 36.1 Å². The number of aromatic nitrogens is 2. The second kappa shape index (κ2) is 3.70. The van der Waals surface area contributed by atoms with E-state index < -0.39 is 5.41 Å². The van der Waals surface area contributed by atoms with Crippen molar-refractivity contribution in [1.29, 1.82) is 0 Å². The van der Waals surface area contributed by atoms with E-state index in [1.807, 2.05) is 18.2 Å². The molecule has 2 aliphatic rings. The second-order valence-electron chi connectivity index (χ2n) is 5.31. The summed E-state index contributed by atoms with van der Waals surface area (Å²) in [6.07, 6.45) is 2.55. The van der Waals surface area contributed by atoms with Crippen molar-refractivity contribution in [2.75, 3.05) is 11.1 Å². The molecular formula is C14H11ClN4O. The van der Waals surface area contributed by atoms with Gasteiger partial charge in [-0.3, -0.25) is 4.79 Å². The van der Waals surface area contributed by atoms with Crippen molar-refractivity contribution >= 4 is 29.0 Å². The lowest BCUT2D eigenvalue weighted by molar-refractivity contribution is -0.120. The van der Waals surface area contributed by atoms with Crippen molar-refractivity contribution in [3.8, 4) is 0 Å². The Kier molecular flexibility index (Phi) is 2.16. The van der Waals surface area contributed by atoms with Gasteiger partial charge in [0.05, 0.1) is 5.41 Å². The topological polar surface area (TPSA) is 80.9 Å². The summed E-state index contributed by atoms with van der Waals surface area (Å²) in [7, 11) is 0. The minimum absolute atomic E-state index is 0.0651. The van der Waals surface area contributed by atoms with E-state index in [0.29, 0.717) is 35.1 Å². The number of nitrogens with two attached hydrogens (primary N) is 1. The minimum atomic E-state index is -0.691. The first-order valence-electron chi connectivity index (χ1n) is 6.30. The molecule has 1 spiro atoms. The Morgan fingerprint density at radius 2 is 2.05 bits per heavy atom.